The molecule has 1 aliphatic carbocycles. The van der Waals surface area contributed by atoms with Gasteiger partial charge in [-0.3, -0.25) is 14.4 Å². The average Bonchev–Trinajstić information content (AvgIpc) is 3.12. The van der Waals surface area contributed by atoms with E-state index in [1.807, 2.05) is 9.58 Å². The molecule has 30 heavy (non-hydrogen) atoms. The fourth-order valence-corrected chi connectivity index (χ4v) is 4.06. The third-order valence-corrected chi connectivity index (χ3v) is 5.81. The summed E-state index contributed by atoms with van der Waals surface area (Å²) in [6.07, 6.45) is 3.66. The fraction of sp³-hybridized carbons (Fsp3) is 0.476. The van der Waals surface area contributed by atoms with Crippen LogP contribution in [0.2, 0.25) is 0 Å². The van der Waals surface area contributed by atoms with Crippen molar-refractivity contribution in [3.8, 4) is 0 Å². The maximum absolute atomic E-state index is 14.9. The van der Waals surface area contributed by atoms with E-state index < -0.39 is 12.2 Å². The molecule has 1 aromatic carbocycles. The van der Waals surface area contributed by atoms with Crippen molar-refractivity contribution in [2.75, 3.05) is 22.9 Å². The number of halogens is 1. The van der Waals surface area contributed by atoms with Gasteiger partial charge in [0.1, 0.15) is 11.9 Å². The lowest BCUT2D eigenvalue weighted by Gasteiger charge is -2.21. The van der Waals surface area contributed by atoms with Crippen LogP contribution in [0, 0.1) is 11.7 Å². The highest BCUT2D eigenvalue weighted by atomic mass is 19.1. The van der Waals surface area contributed by atoms with E-state index in [1.54, 1.807) is 12.1 Å². The molecule has 3 aliphatic rings. The maximum Gasteiger partial charge on any atom is 0.414 e. The van der Waals surface area contributed by atoms with Gasteiger partial charge in [-0.2, -0.15) is 5.10 Å². The average molecular weight is 413 g/mol. The molecule has 1 saturated heterocycles. The first-order valence-corrected chi connectivity index (χ1v) is 10.3. The Morgan fingerprint density at radius 2 is 2.17 bits per heavy atom. The second-order valence-electron chi connectivity index (χ2n) is 8.31. The zero-order valence-corrected chi connectivity index (χ0v) is 16.8. The third kappa shape index (κ3) is 3.71. The standard InChI is InChI=1S/C21H24FN5O3/c1-13(28)23-7-17-11-27(21(29)30-17)16-4-5-20(18(22)6-16)25-9-15-10-26(8-14-2-3-14)24-19(15)12-25/h4-6,10,14,17H,2-3,7-9,11-12H2,1H3,(H,23,28). The molecular formula is C21H24FN5O3. The molecule has 1 atom stereocenters. The second kappa shape index (κ2) is 7.30. The van der Waals surface area contributed by atoms with Crippen LogP contribution in [-0.2, 0) is 29.2 Å². The first kappa shape index (κ1) is 18.9. The Labute approximate surface area is 173 Å². The van der Waals surface area contributed by atoms with E-state index in [9.17, 15) is 14.0 Å². The molecule has 8 nitrogen and oxygen atoms in total. The number of aromatic nitrogens is 2. The van der Waals surface area contributed by atoms with Gasteiger partial charge < -0.3 is 15.0 Å². The predicted molar refractivity (Wildman–Crippen MR) is 108 cm³/mol. The monoisotopic (exact) mass is 413 g/mol. The lowest BCUT2D eigenvalue weighted by molar-refractivity contribution is -0.119. The predicted octanol–water partition coefficient (Wildman–Crippen LogP) is 2.41. The zero-order chi connectivity index (χ0) is 20.8. The maximum atomic E-state index is 14.9. The van der Waals surface area contributed by atoms with Crippen molar-refractivity contribution in [1.29, 1.82) is 0 Å². The largest absolute Gasteiger partial charge is 0.442 e. The molecular weight excluding hydrogens is 389 g/mol. The summed E-state index contributed by atoms with van der Waals surface area (Å²) in [5.74, 6) is 0.188. The van der Waals surface area contributed by atoms with E-state index in [4.69, 9.17) is 4.74 Å². The summed E-state index contributed by atoms with van der Waals surface area (Å²) >= 11 is 0. The molecule has 2 fully saturated rings. The number of anilines is 2. The minimum atomic E-state index is -0.538. The van der Waals surface area contributed by atoms with Crippen molar-refractivity contribution in [2.24, 2.45) is 5.92 Å². The SMILES string of the molecule is CC(=O)NCC1CN(c2ccc(N3Cc4cn(CC5CC5)nc4C3)c(F)c2)C(=O)O1. The molecule has 2 aromatic rings. The van der Waals surface area contributed by atoms with Gasteiger partial charge in [0.15, 0.2) is 0 Å². The van der Waals surface area contributed by atoms with E-state index in [-0.39, 0.29) is 24.8 Å². The lowest BCUT2D eigenvalue weighted by atomic mass is 10.2. The number of rotatable bonds is 6. The Morgan fingerprint density at radius 1 is 1.33 bits per heavy atom. The van der Waals surface area contributed by atoms with Gasteiger partial charge in [-0.15, -0.1) is 0 Å². The van der Waals surface area contributed by atoms with Crippen LogP contribution < -0.4 is 15.1 Å². The lowest BCUT2D eigenvalue weighted by Crippen LogP contribution is -2.33. The number of hydrogen-bond acceptors (Lipinski definition) is 5. The van der Waals surface area contributed by atoms with Crippen LogP contribution in [0.3, 0.4) is 0 Å². The number of nitrogens with zero attached hydrogens (tertiary/aromatic N) is 4. The van der Waals surface area contributed by atoms with E-state index in [0.717, 1.165) is 23.7 Å². The Hall–Kier alpha value is -3.10. The number of amides is 2. The molecule has 2 aliphatic heterocycles. The normalized spacial score (nSPS) is 20.5. The molecule has 1 N–H and O–H groups in total. The minimum Gasteiger partial charge on any atom is -0.442 e. The zero-order valence-electron chi connectivity index (χ0n) is 16.8. The molecule has 1 unspecified atom stereocenters. The van der Waals surface area contributed by atoms with Gasteiger partial charge in [0, 0.05) is 31.8 Å². The Morgan fingerprint density at radius 3 is 2.87 bits per heavy atom. The van der Waals surface area contributed by atoms with Crippen molar-refractivity contribution in [3.05, 3.63) is 41.5 Å². The van der Waals surface area contributed by atoms with Crippen LogP contribution in [0.5, 0.6) is 0 Å². The smallest absolute Gasteiger partial charge is 0.414 e. The number of cyclic esters (lactones) is 1. The minimum absolute atomic E-state index is 0.189. The Kier molecular flexibility index (Phi) is 4.60. The van der Waals surface area contributed by atoms with Gasteiger partial charge in [-0.1, -0.05) is 0 Å². The Balaban J connectivity index is 1.25. The second-order valence-corrected chi connectivity index (χ2v) is 8.31. The highest BCUT2D eigenvalue weighted by molar-refractivity contribution is 5.90. The molecule has 1 aromatic heterocycles. The van der Waals surface area contributed by atoms with Crippen molar-refractivity contribution in [1.82, 2.24) is 15.1 Å². The van der Waals surface area contributed by atoms with Gasteiger partial charge in [-0.25, -0.2) is 9.18 Å². The molecule has 158 valence electrons. The van der Waals surface area contributed by atoms with Gasteiger partial charge in [0.2, 0.25) is 5.91 Å². The number of fused-ring (bicyclic) bond motifs is 1. The molecule has 5 rings (SSSR count). The van der Waals surface area contributed by atoms with Gasteiger partial charge in [0.05, 0.1) is 36.7 Å². The van der Waals surface area contributed by atoms with Crippen LogP contribution in [0.1, 0.15) is 31.0 Å². The van der Waals surface area contributed by atoms with E-state index in [2.05, 4.69) is 16.6 Å². The molecule has 0 spiro atoms. The molecule has 2 amide bonds. The summed E-state index contributed by atoms with van der Waals surface area (Å²) in [6.45, 7) is 4.09. The molecule has 1 saturated carbocycles. The first-order valence-electron chi connectivity index (χ1n) is 10.3. The molecule has 0 bridgehead atoms. The highest BCUT2D eigenvalue weighted by Gasteiger charge is 2.33. The number of benzene rings is 1. The van der Waals surface area contributed by atoms with Crippen LogP contribution in [-0.4, -0.2) is 41.0 Å². The van der Waals surface area contributed by atoms with E-state index in [1.165, 1.54) is 30.7 Å². The summed E-state index contributed by atoms with van der Waals surface area (Å²) in [5, 5.41) is 7.29. The van der Waals surface area contributed by atoms with Gasteiger partial charge in [-0.05, 0) is 37.0 Å². The topological polar surface area (TPSA) is 79.7 Å². The fourth-order valence-electron chi connectivity index (χ4n) is 4.06. The first-order chi connectivity index (χ1) is 14.5. The van der Waals surface area contributed by atoms with Crippen LogP contribution >= 0.6 is 0 Å². The van der Waals surface area contributed by atoms with Crippen LogP contribution in [0.15, 0.2) is 24.4 Å². The van der Waals surface area contributed by atoms with Crippen molar-refractivity contribution < 1.29 is 18.7 Å². The third-order valence-electron chi connectivity index (χ3n) is 5.81. The highest BCUT2D eigenvalue weighted by Crippen LogP contribution is 2.34. The van der Waals surface area contributed by atoms with Crippen LogP contribution in [0.25, 0.3) is 0 Å². The summed E-state index contributed by atoms with van der Waals surface area (Å²) in [4.78, 5) is 26.6. The number of carbonyl (C=O) groups is 2. The van der Waals surface area contributed by atoms with Crippen LogP contribution in [0.4, 0.5) is 20.6 Å². The van der Waals surface area contributed by atoms with E-state index in [0.29, 0.717) is 24.5 Å². The number of carbonyl (C=O) groups excluding carboxylic acids is 2. The summed E-state index contributed by atoms with van der Waals surface area (Å²) in [7, 11) is 0. The quantitative estimate of drug-likeness (QED) is 0.787. The van der Waals surface area contributed by atoms with E-state index >= 15 is 0 Å². The summed E-state index contributed by atoms with van der Waals surface area (Å²) < 4.78 is 22.2. The number of hydrogen-bond donors (Lipinski definition) is 1. The van der Waals surface area contributed by atoms with Crippen molar-refractivity contribution in [3.63, 3.8) is 0 Å². The van der Waals surface area contributed by atoms with Gasteiger partial charge >= 0.3 is 6.09 Å². The molecule has 0 radical (unpaired) electrons. The van der Waals surface area contributed by atoms with Crippen molar-refractivity contribution in [2.45, 2.75) is 45.5 Å². The summed E-state index contributed by atoms with van der Waals surface area (Å²) in [5.41, 5.74) is 3.08. The van der Waals surface area contributed by atoms with Crippen molar-refractivity contribution >= 4 is 23.4 Å². The molecule has 3 heterocycles. The number of ether oxygens (including phenoxy) is 1. The van der Waals surface area contributed by atoms with Gasteiger partial charge in [0.25, 0.3) is 0 Å². The number of nitrogens with one attached hydrogen (secondary N) is 1. The summed E-state index contributed by atoms with van der Waals surface area (Å²) in [6, 6.07) is 4.79. The molecule has 9 heteroatoms. The Bertz CT molecular complexity index is 979.